The van der Waals surface area contributed by atoms with Crippen molar-refractivity contribution >= 4 is 11.6 Å². The smallest absolute Gasteiger partial charge is 0.253 e. The molecule has 116 valence electrons. The Kier molecular flexibility index (Phi) is 4.05. The van der Waals surface area contributed by atoms with Crippen LogP contribution in [0.25, 0.3) is 0 Å². The van der Waals surface area contributed by atoms with Gasteiger partial charge in [-0.05, 0) is 48.6 Å². The van der Waals surface area contributed by atoms with Gasteiger partial charge >= 0.3 is 0 Å². The number of rotatable bonds is 2. The summed E-state index contributed by atoms with van der Waals surface area (Å²) in [7, 11) is 0. The average Bonchev–Trinajstić information content (AvgIpc) is 2.28. The highest BCUT2D eigenvalue weighted by Crippen LogP contribution is 2.45. The number of hydrogen-bond acceptors (Lipinski definition) is 2. The number of para-hydroxylation sites is 1. The number of aryl methyl sites for hydroxylation is 1. The second-order valence-electron chi connectivity index (χ2n) is 8.12. The lowest BCUT2D eigenvalue weighted by Gasteiger charge is -2.45. The molecule has 0 heterocycles. The molecule has 1 fully saturated rings. The molecule has 0 aliphatic heterocycles. The Morgan fingerprint density at radius 1 is 1.19 bits per heavy atom. The molecule has 0 spiro atoms. The standard InChI is InChI=1S/C18H28N2O/c1-12-7-6-8-14(15(12)19)16(21)20-13-9-17(2,3)11-18(4,5)10-13/h6-8,13H,9-11,19H2,1-5H3,(H,20,21). The highest BCUT2D eigenvalue weighted by Gasteiger charge is 2.39. The van der Waals surface area contributed by atoms with E-state index in [0.717, 1.165) is 18.4 Å². The van der Waals surface area contributed by atoms with Crippen LogP contribution in [-0.4, -0.2) is 11.9 Å². The Hall–Kier alpha value is -1.51. The van der Waals surface area contributed by atoms with Crippen molar-refractivity contribution in [2.24, 2.45) is 10.8 Å². The van der Waals surface area contributed by atoms with Gasteiger partial charge in [0.15, 0.2) is 0 Å². The normalized spacial score (nSPS) is 21.0. The second-order valence-corrected chi connectivity index (χ2v) is 8.12. The molecular formula is C18H28N2O. The molecule has 1 aromatic carbocycles. The number of nitrogens with one attached hydrogen (secondary N) is 1. The molecule has 0 bridgehead atoms. The Labute approximate surface area is 128 Å². The van der Waals surface area contributed by atoms with Crippen molar-refractivity contribution in [3.8, 4) is 0 Å². The molecule has 0 unspecified atom stereocenters. The Balaban J connectivity index is 2.14. The Morgan fingerprint density at radius 2 is 1.76 bits per heavy atom. The summed E-state index contributed by atoms with van der Waals surface area (Å²) in [6, 6.07) is 5.83. The SMILES string of the molecule is Cc1cccc(C(=O)NC2CC(C)(C)CC(C)(C)C2)c1N. The van der Waals surface area contributed by atoms with E-state index in [4.69, 9.17) is 5.73 Å². The van der Waals surface area contributed by atoms with E-state index < -0.39 is 0 Å². The van der Waals surface area contributed by atoms with Crippen LogP contribution in [0.3, 0.4) is 0 Å². The molecular weight excluding hydrogens is 260 g/mol. The molecule has 1 aliphatic rings. The zero-order valence-corrected chi connectivity index (χ0v) is 13.9. The van der Waals surface area contributed by atoms with Gasteiger partial charge in [-0.3, -0.25) is 4.79 Å². The predicted octanol–water partition coefficient (Wildman–Crippen LogP) is 3.91. The maximum absolute atomic E-state index is 12.5. The minimum absolute atomic E-state index is 0.0466. The fourth-order valence-electron chi connectivity index (χ4n) is 4.09. The van der Waals surface area contributed by atoms with Crippen molar-refractivity contribution in [1.82, 2.24) is 5.32 Å². The van der Waals surface area contributed by atoms with Crippen LogP contribution in [0.1, 0.15) is 62.9 Å². The summed E-state index contributed by atoms with van der Waals surface area (Å²) in [6.07, 6.45) is 3.24. The first-order valence-corrected chi connectivity index (χ1v) is 7.76. The fraction of sp³-hybridized carbons (Fsp3) is 0.611. The summed E-state index contributed by atoms with van der Waals surface area (Å²) in [4.78, 5) is 12.5. The first-order chi connectivity index (χ1) is 9.60. The number of nitrogen functional groups attached to an aromatic ring is 1. The van der Waals surface area contributed by atoms with Gasteiger partial charge < -0.3 is 11.1 Å². The molecule has 3 heteroatoms. The summed E-state index contributed by atoms with van der Waals surface area (Å²) < 4.78 is 0. The highest BCUT2D eigenvalue weighted by atomic mass is 16.1. The van der Waals surface area contributed by atoms with E-state index >= 15 is 0 Å². The zero-order valence-electron chi connectivity index (χ0n) is 13.9. The van der Waals surface area contributed by atoms with Crippen LogP contribution in [0.2, 0.25) is 0 Å². The van der Waals surface area contributed by atoms with Crippen LogP contribution in [0.15, 0.2) is 18.2 Å². The van der Waals surface area contributed by atoms with Crippen LogP contribution in [0.4, 0.5) is 5.69 Å². The van der Waals surface area contributed by atoms with Crippen molar-refractivity contribution in [3.05, 3.63) is 29.3 Å². The van der Waals surface area contributed by atoms with E-state index in [2.05, 4.69) is 33.0 Å². The van der Waals surface area contributed by atoms with Crippen molar-refractivity contribution in [2.45, 2.75) is 59.9 Å². The van der Waals surface area contributed by atoms with Crippen LogP contribution in [-0.2, 0) is 0 Å². The van der Waals surface area contributed by atoms with Crippen molar-refractivity contribution in [3.63, 3.8) is 0 Å². The van der Waals surface area contributed by atoms with Gasteiger partial charge in [0.2, 0.25) is 0 Å². The Morgan fingerprint density at radius 3 is 2.33 bits per heavy atom. The van der Waals surface area contributed by atoms with Crippen LogP contribution < -0.4 is 11.1 Å². The topological polar surface area (TPSA) is 55.1 Å². The molecule has 1 saturated carbocycles. The highest BCUT2D eigenvalue weighted by molar-refractivity contribution is 5.99. The molecule has 21 heavy (non-hydrogen) atoms. The number of benzene rings is 1. The first kappa shape index (κ1) is 15.9. The van der Waals surface area contributed by atoms with Gasteiger partial charge in [0.05, 0.1) is 5.56 Å². The second kappa shape index (κ2) is 5.36. The molecule has 0 saturated heterocycles. The van der Waals surface area contributed by atoms with Crippen LogP contribution in [0, 0.1) is 17.8 Å². The van der Waals surface area contributed by atoms with Crippen LogP contribution in [0.5, 0.6) is 0 Å². The first-order valence-electron chi connectivity index (χ1n) is 7.76. The van der Waals surface area contributed by atoms with Crippen molar-refractivity contribution in [1.29, 1.82) is 0 Å². The fourth-order valence-corrected chi connectivity index (χ4v) is 4.09. The number of amides is 1. The van der Waals surface area contributed by atoms with E-state index in [1.807, 2.05) is 19.1 Å². The summed E-state index contributed by atoms with van der Waals surface area (Å²) in [5.41, 5.74) is 8.69. The number of hydrogen-bond donors (Lipinski definition) is 2. The number of carbonyl (C=O) groups excluding carboxylic acids is 1. The van der Waals surface area contributed by atoms with E-state index in [0.29, 0.717) is 11.3 Å². The molecule has 0 atom stereocenters. The monoisotopic (exact) mass is 288 g/mol. The molecule has 1 aliphatic carbocycles. The van der Waals surface area contributed by atoms with Crippen LogP contribution >= 0.6 is 0 Å². The third-order valence-electron chi connectivity index (χ3n) is 4.46. The maximum Gasteiger partial charge on any atom is 0.253 e. The largest absolute Gasteiger partial charge is 0.398 e. The van der Waals surface area contributed by atoms with Gasteiger partial charge in [0.25, 0.3) is 5.91 Å². The van der Waals surface area contributed by atoms with E-state index in [9.17, 15) is 4.79 Å². The van der Waals surface area contributed by atoms with Crippen molar-refractivity contribution in [2.75, 3.05) is 5.73 Å². The minimum atomic E-state index is -0.0466. The average molecular weight is 288 g/mol. The molecule has 0 aromatic heterocycles. The van der Waals surface area contributed by atoms with Crippen molar-refractivity contribution < 1.29 is 4.79 Å². The lowest BCUT2D eigenvalue weighted by Crippen LogP contribution is -2.46. The summed E-state index contributed by atoms with van der Waals surface area (Å²) in [6.45, 7) is 11.1. The molecule has 3 nitrogen and oxygen atoms in total. The summed E-state index contributed by atoms with van der Waals surface area (Å²) >= 11 is 0. The van der Waals surface area contributed by atoms with Gasteiger partial charge in [-0.25, -0.2) is 0 Å². The number of nitrogens with two attached hydrogens (primary N) is 1. The van der Waals surface area contributed by atoms with Gasteiger partial charge in [-0.2, -0.15) is 0 Å². The van der Waals surface area contributed by atoms with Gasteiger partial charge in [0, 0.05) is 11.7 Å². The quantitative estimate of drug-likeness (QED) is 0.811. The molecule has 1 aromatic rings. The minimum Gasteiger partial charge on any atom is -0.398 e. The maximum atomic E-state index is 12.5. The van der Waals surface area contributed by atoms with E-state index in [1.54, 1.807) is 6.07 Å². The number of carbonyl (C=O) groups is 1. The molecule has 2 rings (SSSR count). The summed E-state index contributed by atoms with van der Waals surface area (Å²) in [5, 5.41) is 3.20. The van der Waals surface area contributed by atoms with E-state index in [1.165, 1.54) is 6.42 Å². The van der Waals surface area contributed by atoms with Gasteiger partial charge in [-0.15, -0.1) is 0 Å². The van der Waals surface area contributed by atoms with Gasteiger partial charge in [-0.1, -0.05) is 39.8 Å². The third kappa shape index (κ3) is 3.78. The number of anilines is 1. The molecule has 1 amide bonds. The Bertz CT molecular complexity index is 530. The lowest BCUT2D eigenvalue weighted by molar-refractivity contribution is 0.0714. The molecule has 0 radical (unpaired) electrons. The molecule has 3 N–H and O–H groups in total. The van der Waals surface area contributed by atoms with Gasteiger partial charge in [0.1, 0.15) is 0 Å². The predicted molar refractivity (Wildman–Crippen MR) is 88.3 cm³/mol. The summed E-state index contributed by atoms with van der Waals surface area (Å²) in [5.74, 6) is -0.0466. The van der Waals surface area contributed by atoms with E-state index in [-0.39, 0.29) is 22.8 Å². The third-order valence-corrected chi connectivity index (χ3v) is 4.46. The lowest BCUT2D eigenvalue weighted by atomic mass is 9.63. The zero-order chi connectivity index (χ0) is 15.8.